The van der Waals surface area contributed by atoms with Crippen molar-refractivity contribution in [2.24, 2.45) is 5.92 Å². The summed E-state index contributed by atoms with van der Waals surface area (Å²) in [5.41, 5.74) is 2.19. The number of aliphatic hydroxyl groups excluding tert-OH is 1. The van der Waals surface area contributed by atoms with Crippen molar-refractivity contribution in [3.05, 3.63) is 57.4 Å². The summed E-state index contributed by atoms with van der Waals surface area (Å²) in [5.74, 6) is 1.64. The van der Waals surface area contributed by atoms with Crippen molar-refractivity contribution in [1.29, 1.82) is 0 Å². The summed E-state index contributed by atoms with van der Waals surface area (Å²) >= 11 is 0. The Kier molecular flexibility index (Phi) is 5.93. The van der Waals surface area contributed by atoms with E-state index in [0.29, 0.717) is 47.1 Å². The van der Waals surface area contributed by atoms with E-state index in [2.05, 4.69) is 24.8 Å². The molecule has 0 saturated carbocycles. The number of aromatic nitrogens is 4. The van der Waals surface area contributed by atoms with E-state index in [1.165, 1.54) is 0 Å². The molecule has 1 aliphatic rings. The lowest BCUT2D eigenvalue weighted by Gasteiger charge is -2.33. The van der Waals surface area contributed by atoms with Crippen molar-refractivity contribution >= 4 is 22.1 Å². The molecule has 0 radical (unpaired) electrons. The first-order chi connectivity index (χ1) is 16.0. The summed E-state index contributed by atoms with van der Waals surface area (Å²) in [6.45, 7) is 3.00. The first-order valence-corrected chi connectivity index (χ1v) is 11.1. The van der Waals surface area contributed by atoms with Gasteiger partial charge in [-0.2, -0.15) is 0 Å². The van der Waals surface area contributed by atoms with E-state index in [9.17, 15) is 14.7 Å². The first-order valence-electron chi connectivity index (χ1n) is 11.1. The molecular weight excluding hydrogens is 426 g/mol. The molecule has 1 aliphatic heterocycles. The van der Waals surface area contributed by atoms with Gasteiger partial charge in [0.1, 0.15) is 35.2 Å². The van der Waals surface area contributed by atoms with Crippen molar-refractivity contribution in [3.8, 4) is 11.5 Å². The molecule has 1 unspecified atom stereocenters. The fraction of sp³-hybridized carbons (Fsp3) is 0.391. The number of benzene rings is 2. The van der Waals surface area contributed by atoms with E-state index in [0.717, 1.165) is 31.4 Å². The summed E-state index contributed by atoms with van der Waals surface area (Å²) in [6, 6.07) is 10.9. The molecule has 4 aromatic rings. The van der Waals surface area contributed by atoms with Gasteiger partial charge in [0.2, 0.25) is 0 Å². The second-order valence-corrected chi connectivity index (χ2v) is 8.54. The van der Waals surface area contributed by atoms with Crippen LogP contribution in [0.5, 0.6) is 11.5 Å². The second kappa shape index (κ2) is 9.16. The molecule has 2 aromatic heterocycles. The number of β-amino-alcohol motifs (C(OH)–C–C–N with tert-alkyl or cyclic N) is 1. The quantitative estimate of drug-likeness (QED) is 0.274. The molecule has 174 valence electrons. The lowest BCUT2D eigenvalue weighted by atomic mass is 9.97. The number of likely N-dealkylation sites (tertiary alicyclic amines) is 1. The molecule has 5 N–H and O–H groups in total. The van der Waals surface area contributed by atoms with Crippen LogP contribution in [0.2, 0.25) is 0 Å². The normalized spacial score (nSPS) is 16.4. The van der Waals surface area contributed by atoms with E-state index in [-0.39, 0.29) is 18.0 Å². The van der Waals surface area contributed by atoms with Gasteiger partial charge in [-0.15, -0.1) is 0 Å². The van der Waals surface area contributed by atoms with Crippen LogP contribution in [0.4, 0.5) is 0 Å². The van der Waals surface area contributed by atoms with E-state index in [1.807, 2.05) is 18.2 Å². The van der Waals surface area contributed by atoms with Gasteiger partial charge in [0, 0.05) is 6.54 Å². The Bertz CT molecular complexity index is 1340. The van der Waals surface area contributed by atoms with E-state index in [1.54, 1.807) is 18.2 Å². The minimum Gasteiger partial charge on any atom is -0.491 e. The van der Waals surface area contributed by atoms with Crippen molar-refractivity contribution in [3.63, 3.8) is 0 Å². The number of ether oxygens (including phenoxy) is 2. The topological polar surface area (TPSA) is 139 Å². The SMILES string of the molecule is O=c1[nH]c2cccc(OCC(O)CN3CCC(COc4cccc5[nH]c(=O)[nH]c45)CC3)c2[nH]1. The predicted octanol–water partition coefficient (Wildman–Crippen LogP) is 1.56. The largest absolute Gasteiger partial charge is 0.491 e. The van der Waals surface area contributed by atoms with E-state index < -0.39 is 6.10 Å². The number of fused-ring (bicyclic) bond motifs is 2. The molecule has 10 nitrogen and oxygen atoms in total. The predicted molar refractivity (Wildman–Crippen MR) is 124 cm³/mol. The molecule has 2 aromatic carbocycles. The molecule has 3 heterocycles. The van der Waals surface area contributed by atoms with Crippen molar-refractivity contribution in [1.82, 2.24) is 24.8 Å². The fourth-order valence-corrected chi connectivity index (χ4v) is 4.38. The van der Waals surface area contributed by atoms with Crippen LogP contribution < -0.4 is 20.9 Å². The zero-order valence-corrected chi connectivity index (χ0v) is 18.1. The molecule has 0 bridgehead atoms. The minimum atomic E-state index is -0.637. The highest BCUT2D eigenvalue weighted by Crippen LogP contribution is 2.24. The highest BCUT2D eigenvalue weighted by Gasteiger charge is 2.22. The van der Waals surface area contributed by atoms with Crippen LogP contribution in [0.15, 0.2) is 46.0 Å². The third kappa shape index (κ3) is 4.81. The Morgan fingerprint density at radius 1 is 0.879 bits per heavy atom. The third-order valence-corrected chi connectivity index (χ3v) is 6.11. The summed E-state index contributed by atoms with van der Waals surface area (Å²) in [4.78, 5) is 36.2. The first kappa shape index (κ1) is 21.4. The van der Waals surface area contributed by atoms with Crippen LogP contribution in [0.1, 0.15) is 12.8 Å². The van der Waals surface area contributed by atoms with Gasteiger partial charge in [-0.05, 0) is 56.1 Å². The van der Waals surface area contributed by atoms with E-state index in [4.69, 9.17) is 9.47 Å². The Hall–Kier alpha value is -3.50. The number of H-pyrrole nitrogens is 4. The van der Waals surface area contributed by atoms with Gasteiger partial charge >= 0.3 is 11.4 Å². The molecular formula is C23H27N5O5. The molecule has 1 fully saturated rings. The highest BCUT2D eigenvalue weighted by molar-refractivity contribution is 5.81. The fourth-order valence-electron chi connectivity index (χ4n) is 4.38. The molecule has 10 heteroatoms. The smallest absolute Gasteiger partial charge is 0.323 e. The van der Waals surface area contributed by atoms with Gasteiger partial charge in [0.15, 0.2) is 0 Å². The second-order valence-electron chi connectivity index (χ2n) is 8.54. The Morgan fingerprint density at radius 2 is 1.45 bits per heavy atom. The summed E-state index contributed by atoms with van der Waals surface area (Å²) in [5, 5.41) is 10.5. The maximum absolute atomic E-state index is 11.5. The van der Waals surface area contributed by atoms with Crippen LogP contribution in [-0.2, 0) is 0 Å². The van der Waals surface area contributed by atoms with Crippen LogP contribution in [0.25, 0.3) is 22.1 Å². The zero-order valence-electron chi connectivity index (χ0n) is 18.1. The monoisotopic (exact) mass is 453 g/mol. The van der Waals surface area contributed by atoms with Gasteiger partial charge in [0.05, 0.1) is 17.6 Å². The zero-order chi connectivity index (χ0) is 22.8. The number of para-hydroxylation sites is 2. The standard InChI is InChI=1S/C23H27N5O5/c29-15(13-33-19-6-2-4-17-21(19)27-23(31)25-17)11-28-9-7-14(8-10-28)12-32-18-5-1-3-16-20(18)26-22(30)24-16/h1-6,14-15,29H,7-13H2,(H2,24,26,30)(H2,25,27,31). The van der Waals surface area contributed by atoms with Crippen LogP contribution >= 0.6 is 0 Å². The molecule has 1 saturated heterocycles. The number of hydrogen-bond donors (Lipinski definition) is 5. The van der Waals surface area contributed by atoms with Crippen LogP contribution in [-0.4, -0.2) is 68.9 Å². The lowest BCUT2D eigenvalue weighted by molar-refractivity contribution is 0.0507. The Balaban J connectivity index is 1.08. The summed E-state index contributed by atoms with van der Waals surface area (Å²) in [7, 11) is 0. The number of nitrogens with zero attached hydrogens (tertiary/aromatic N) is 1. The average molecular weight is 453 g/mol. The number of piperidine rings is 1. The molecule has 0 aliphatic carbocycles. The summed E-state index contributed by atoms with van der Waals surface area (Å²) in [6.07, 6.45) is 1.30. The molecule has 0 amide bonds. The number of aromatic amines is 4. The Labute approximate surface area is 188 Å². The summed E-state index contributed by atoms with van der Waals surface area (Å²) < 4.78 is 11.8. The van der Waals surface area contributed by atoms with Crippen LogP contribution in [0, 0.1) is 5.92 Å². The number of nitrogens with one attached hydrogen (secondary N) is 4. The number of imidazole rings is 2. The van der Waals surface area contributed by atoms with Crippen molar-refractivity contribution in [2.45, 2.75) is 18.9 Å². The van der Waals surface area contributed by atoms with Gasteiger partial charge in [-0.1, -0.05) is 12.1 Å². The van der Waals surface area contributed by atoms with Gasteiger partial charge < -0.3 is 39.4 Å². The Morgan fingerprint density at radius 3 is 2.06 bits per heavy atom. The van der Waals surface area contributed by atoms with E-state index >= 15 is 0 Å². The van der Waals surface area contributed by atoms with Gasteiger partial charge in [-0.25, -0.2) is 9.59 Å². The molecule has 5 rings (SSSR count). The van der Waals surface area contributed by atoms with Crippen molar-refractivity contribution < 1.29 is 14.6 Å². The van der Waals surface area contributed by atoms with Gasteiger partial charge in [-0.3, -0.25) is 0 Å². The average Bonchev–Trinajstić information content (AvgIpc) is 3.38. The number of hydrogen-bond acceptors (Lipinski definition) is 6. The number of aliphatic hydroxyl groups is 1. The lowest BCUT2D eigenvalue weighted by Crippen LogP contribution is -2.41. The maximum atomic E-state index is 11.5. The minimum absolute atomic E-state index is 0.147. The highest BCUT2D eigenvalue weighted by atomic mass is 16.5. The third-order valence-electron chi connectivity index (χ3n) is 6.11. The molecule has 0 spiro atoms. The molecule has 33 heavy (non-hydrogen) atoms. The van der Waals surface area contributed by atoms with Gasteiger partial charge in [0.25, 0.3) is 0 Å². The number of rotatable bonds is 8. The molecule has 1 atom stereocenters. The van der Waals surface area contributed by atoms with Crippen molar-refractivity contribution in [2.75, 3.05) is 32.8 Å². The maximum Gasteiger partial charge on any atom is 0.323 e. The van der Waals surface area contributed by atoms with Crippen LogP contribution in [0.3, 0.4) is 0 Å².